The van der Waals surface area contributed by atoms with Crippen LogP contribution in [0.1, 0.15) is 17.8 Å². The van der Waals surface area contributed by atoms with E-state index in [9.17, 15) is 0 Å². The zero-order valence-electron chi connectivity index (χ0n) is 9.38. The van der Waals surface area contributed by atoms with Crippen LogP contribution >= 0.6 is 15.9 Å². The van der Waals surface area contributed by atoms with Crippen LogP contribution < -0.4 is 5.73 Å². The van der Waals surface area contributed by atoms with E-state index in [0.717, 1.165) is 29.7 Å². The molecule has 1 heterocycles. The second kappa shape index (κ2) is 5.88. The van der Waals surface area contributed by atoms with Crippen LogP contribution in [0.5, 0.6) is 0 Å². The molecule has 0 fully saturated rings. The van der Waals surface area contributed by atoms with Crippen molar-refractivity contribution in [3.05, 3.63) is 40.1 Å². The Bertz CT molecular complexity index is 482. The van der Waals surface area contributed by atoms with Gasteiger partial charge in [-0.25, -0.2) is 4.68 Å². The average Bonchev–Trinajstić information content (AvgIpc) is 2.74. The van der Waals surface area contributed by atoms with E-state index in [0.29, 0.717) is 6.54 Å². The summed E-state index contributed by atoms with van der Waals surface area (Å²) in [4.78, 5) is 0. The third kappa shape index (κ3) is 3.34. The molecule has 2 N–H and O–H groups in total. The molecule has 0 bridgehead atoms. The Morgan fingerprint density at radius 3 is 3.00 bits per heavy atom. The SMILES string of the molecule is NCCCn1nnnc1Cc1cccc(Br)c1. The maximum absolute atomic E-state index is 5.48. The molecule has 1 aromatic heterocycles. The van der Waals surface area contributed by atoms with Crippen LogP contribution in [-0.4, -0.2) is 26.8 Å². The van der Waals surface area contributed by atoms with Gasteiger partial charge in [0.25, 0.3) is 0 Å². The Labute approximate surface area is 108 Å². The first-order chi connectivity index (χ1) is 8.29. The van der Waals surface area contributed by atoms with Gasteiger partial charge in [-0.15, -0.1) is 5.10 Å². The summed E-state index contributed by atoms with van der Waals surface area (Å²) in [6.45, 7) is 1.42. The molecule has 0 saturated carbocycles. The van der Waals surface area contributed by atoms with Crippen LogP contribution in [0.15, 0.2) is 28.7 Å². The molecule has 0 aliphatic carbocycles. The second-order valence-corrected chi connectivity index (χ2v) is 4.68. The van der Waals surface area contributed by atoms with Crippen molar-refractivity contribution in [3.8, 4) is 0 Å². The minimum absolute atomic E-state index is 0.649. The first-order valence-electron chi connectivity index (χ1n) is 5.49. The lowest BCUT2D eigenvalue weighted by Crippen LogP contribution is -2.10. The third-order valence-corrected chi connectivity index (χ3v) is 2.92. The van der Waals surface area contributed by atoms with E-state index in [4.69, 9.17) is 5.73 Å². The van der Waals surface area contributed by atoms with E-state index < -0.39 is 0 Å². The van der Waals surface area contributed by atoms with Gasteiger partial charge in [0.05, 0.1) is 0 Å². The molecule has 5 nitrogen and oxygen atoms in total. The highest BCUT2D eigenvalue weighted by Crippen LogP contribution is 2.14. The van der Waals surface area contributed by atoms with Crippen LogP contribution in [0.2, 0.25) is 0 Å². The maximum atomic E-state index is 5.48. The minimum atomic E-state index is 0.649. The highest BCUT2D eigenvalue weighted by atomic mass is 79.9. The quantitative estimate of drug-likeness (QED) is 0.905. The zero-order chi connectivity index (χ0) is 12.1. The molecule has 0 spiro atoms. The predicted molar refractivity (Wildman–Crippen MR) is 68.4 cm³/mol. The van der Waals surface area contributed by atoms with Gasteiger partial charge < -0.3 is 5.73 Å². The molecule has 2 rings (SSSR count). The molecular weight excluding hydrogens is 282 g/mol. The van der Waals surface area contributed by atoms with Crippen molar-refractivity contribution in [2.75, 3.05) is 6.54 Å². The topological polar surface area (TPSA) is 69.6 Å². The van der Waals surface area contributed by atoms with Crippen LogP contribution in [0, 0.1) is 0 Å². The predicted octanol–water partition coefficient (Wildman–Crippen LogP) is 1.38. The average molecular weight is 296 g/mol. The molecule has 17 heavy (non-hydrogen) atoms. The van der Waals surface area contributed by atoms with Gasteiger partial charge in [-0.05, 0) is 41.1 Å². The molecule has 6 heteroatoms. The second-order valence-electron chi connectivity index (χ2n) is 3.77. The Kier molecular flexibility index (Phi) is 4.22. The van der Waals surface area contributed by atoms with Crippen LogP contribution in [-0.2, 0) is 13.0 Å². The highest BCUT2D eigenvalue weighted by Gasteiger charge is 2.06. The van der Waals surface area contributed by atoms with Crippen molar-refractivity contribution in [1.29, 1.82) is 0 Å². The summed E-state index contributed by atoms with van der Waals surface area (Å²) in [6.07, 6.45) is 1.62. The molecule has 0 saturated heterocycles. The van der Waals surface area contributed by atoms with Crippen molar-refractivity contribution in [3.63, 3.8) is 0 Å². The van der Waals surface area contributed by atoms with Crippen molar-refractivity contribution in [2.45, 2.75) is 19.4 Å². The first kappa shape index (κ1) is 12.2. The number of aryl methyl sites for hydroxylation is 1. The fraction of sp³-hybridized carbons (Fsp3) is 0.364. The number of aromatic nitrogens is 4. The Balaban J connectivity index is 2.10. The lowest BCUT2D eigenvalue weighted by Gasteiger charge is -2.04. The fourth-order valence-corrected chi connectivity index (χ4v) is 2.04. The maximum Gasteiger partial charge on any atom is 0.155 e. The third-order valence-electron chi connectivity index (χ3n) is 2.43. The molecule has 2 aromatic rings. The molecular formula is C11H14BrN5. The van der Waals surface area contributed by atoms with E-state index >= 15 is 0 Å². The zero-order valence-corrected chi connectivity index (χ0v) is 11.0. The van der Waals surface area contributed by atoms with E-state index in [1.54, 1.807) is 0 Å². The van der Waals surface area contributed by atoms with Crippen molar-refractivity contribution >= 4 is 15.9 Å². The van der Waals surface area contributed by atoms with Gasteiger partial charge >= 0.3 is 0 Å². The summed E-state index contributed by atoms with van der Waals surface area (Å²) < 4.78 is 2.88. The fourth-order valence-electron chi connectivity index (χ4n) is 1.59. The lowest BCUT2D eigenvalue weighted by molar-refractivity contribution is 0.547. The lowest BCUT2D eigenvalue weighted by atomic mass is 10.1. The molecule has 90 valence electrons. The van der Waals surface area contributed by atoms with Gasteiger partial charge in [-0.3, -0.25) is 0 Å². The molecule has 0 unspecified atom stereocenters. The molecule has 0 atom stereocenters. The number of hydrogen-bond acceptors (Lipinski definition) is 4. The smallest absolute Gasteiger partial charge is 0.155 e. The largest absolute Gasteiger partial charge is 0.330 e. The number of tetrazole rings is 1. The number of halogens is 1. The standard InChI is InChI=1S/C11H14BrN5/c12-10-4-1-3-9(7-10)8-11-14-15-16-17(11)6-2-5-13/h1,3-4,7H,2,5-6,8,13H2. The van der Waals surface area contributed by atoms with Crippen LogP contribution in [0.4, 0.5) is 0 Å². The van der Waals surface area contributed by atoms with Gasteiger partial charge in [0.2, 0.25) is 0 Å². The molecule has 0 radical (unpaired) electrons. The highest BCUT2D eigenvalue weighted by molar-refractivity contribution is 9.10. The molecule has 0 aliphatic heterocycles. The van der Waals surface area contributed by atoms with E-state index in [1.807, 2.05) is 16.8 Å². The minimum Gasteiger partial charge on any atom is -0.330 e. The summed E-state index contributed by atoms with van der Waals surface area (Å²) in [5.74, 6) is 0.872. The van der Waals surface area contributed by atoms with Gasteiger partial charge in [-0.1, -0.05) is 28.1 Å². The van der Waals surface area contributed by atoms with Crippen LogP contribution in [0.3, 0.4) is 0 Å². The number of nitrogens with two attached hydrogens (primary N) is 1. The van der Waals surface area contributed by atoms with Gasteiger partial charge in [0, 0.05) is 17.4 Å². The Morgan fingerprint density at radius 1 is 1.35 bits per heavy atom. The number of nitrogens with zero attached hydrogens (tertiary/aromatic N) is 4. The van der Waals surface area contributed by atoms with Gasteiger partial charge in [0.1, 0.15) is 0 Å². The van der Waals surface area contributed by atoms with Crippen molar-refractivity contribution in [1.82, 2.24) is 20.2 Å². The first-order valence-corrected chi connectivity index (χ1v) is 6.28. The normalized spacial score (nSPS) is 10.7. The molecule has 0 amide bonds. The Hall–Kier alpha value is -1.27. The van der Waals surface area contributed by atoms with E-state index in [1.165, 1.54) is 5.56 Å². The van der Waals surface area contributed by atoms with E-state index in [-0.39, 0.29) is 0 Å². The van der Waals surface area contributed by atoms with Gasteiger partial charge in [-0.2, -0.15) is 0 Å². The van der Waals surface area contributed by atoms with Crippen molar-refractivity contribution in [2.24, 2.45) is 5.73 Å². The summed E-state index contributed by atoms with van der Waals surface area (Å²) in [6, 6.07) is 8.14. The summed E-state index contributed by atoms with van der Waals surface area (Å²) in [5.41, 5.74) is 6.66. The van der Waals surface area contributed by atoms with Crippen LogP contribution in [0.25, 0.3) is 0 Å². The van der Waals surface area contributed by atoms with E-state index in [2.05, 4.69) is 43.6 Å². The molecule has 1 aromatic carbocycles. The monoisotopic (exact) mass is 295 g/mol. The number of hydrogen-bond donors (Lipinski definition) is 1. The van der Waals surface area contributed by atoms with Gasteiger partial charge in [0.15, 0.2) is 5.82 Å². The summed E-state index contributed by atoms with van der Waals surface area (Å²) >= 11 is 3.45. The summed E-state index contributed by atoms with van der Waals surface area (Å²) in [7, 11) is 0. The summed E-state index contributed by atoms with van der Waals surface area (Å²) in [5, 5.41) is 11.7. The number of rotatable bonds is 5. The van der Waals surface area contributed by atoms with Crippen molar-refractivity contribution < 1.29 is 0 Å². The number of benzene rings is 1. The molecule has 0 aliphatic rings. The Morgan fingerprint density at radius 2 is 2.24 bits per heavy atom.